The lowest BCUT2D eigenvalue weighted by molar-refractivity contribution is -0.945. The van der Waals surface area contributed by atoms with Crippen LogP contribution in [0.25, 0.3) is 0 Å². The zero-order valence-electron chi connectivity index (χ0n) is 15.6. The number of hydrogen-bond acceptors (Lipinski definition) is 2. The van der Waals surface area contributed by atoms with Crippen molar-refractivity contribution >= 4 is 17.2 Å². The van der Waals surface area contributed by atoms with E-state index in [9.17, 15) is 4.79 Å². The summed E-state index contributed by atoms with van der Waals surface area (Å²) in [5.41, 5.74) is 4.80. The van der Waals surface area contributed by atoms with Crippen LogP contribution >= 0.6 is 11.3 Å². The number of carbonyl (C=O) groups is 1. The van der Waals surface area contributed by atoms with Gasteiger partial charge in [0.05, 0.1) is 18.0 Å². The minimum absolute atomic E-state index is 0.00775. The van der Waals surface area contributed by atoms with E-state index in [1.54, 1.807) is 11.3 Å². The quantitative estimate of drug-likeness (QED) is 0.704. The summed E-state index contributed by atoms with van der Waals surface area (Å²) >= 11 is 1.78. The van der Waals surface area contributed by atoms with E-state index >= 15 is 0 Å². The van der Waals surface area contributed by atoms with Crippen LogP contribution in [0.3, 0.4) is 0 Å². The molecule has 4 heteroatoms. The molecule has 0 saturated heterocycles. The van der Waals surface area contributed by atoms with Crippen LogP contribution in [0.4, 0.5) is 0 Å². The van der Waals surface area contributed by atoms with Crippen LogP contribution in [0.2, 0.25) is 0 Å². The van der Waals surface area contributed by atoms with Gasteiger partial charge in [0.1, 0.15) is 12.6 Å². The Hall–Kier alpha value is -2.43. The predicted molar refractivity (Wildman–Crippen MR) is 110 cm³/mol. The standard InChI is InChI=1S/C23H24N2OS/c1-17-8-10-19(11-9-17)23(26)24-15-21(22-7-4-14-27-22)25-13-12-18-5-2-3-6-20(18)16-25/h2-11,14,21H,12-13,15-16H2,1H3,(H,24,26)/p+1/t21-/m0/s1. The summed E-state index contributed by atoms with van der Waals surface area (Å²) in [6, 6.07) is 21.1. The lowest BCUT2D eigenvalue weighted by Gasteiger charge is -2.32. The van der Waals surface area contributed by atoms with Crippen LogP contribution in [0.5, 0.6) is 0 Å². The fourth-order valence-electron chi connectivity index (χ4n) is 3.84. The van der Waals surface area contributed by atoms with E-state index in [0.717, 1.165) is 25.1 Å². The van der Waals surface area contributed by atoms with Crippen molar-refractivity contribution in [3.8, 4) is 0 Å². The maximum atomic E-state index is 12.6. The van der Waals surface area contributed by atoms with Crippen molar-refractivity contribution < 1.29 is 9.69 Å². The van der Waals surface area contributed by atoms with E-state index in [2.05, 4.69) is 47.1 Å². The molecule has 27 heavy (non-hydrogen) atoms. The molecular weight excluding hydrogens is 352 g/mol. The number of fused-ring (bicyclic) bond motifs is 1. The number of carbonyl (C=O) groups excluding carboxylic acids is 1. The second-order valence-corrected chi connectivity index (χ2v) is 8.23. The Bertz CT molecular complexity index is 902. The minimum Gasteiger partial charge on any atom is -0.346 e. The summed E-state index contributed by atoms with van der Waals surface area (Å²) in [6.07, 6.45) is 1.10. The largest absolute Gasteiger partial charge is 0.346 e. The van der Waals surface area contributed by atoms with E-state index in [1.807, 2.05) is 31.2 Å². The zero-order chi connectivity index (χ0) is 18.6. The summed E-state index contributed by atoms with van der Waals surface area (Å²) < 4.78 is 0. The van der Waals surface area contributed by atoms with Gasteiger partial charge >= 0.3 is 0 Å². The Morgan fingerprint density at radius 3 is 2.59 bits per heavy atom. The van der Waals surface area contributed by atoms with Crippen LogP contribution in [-0.2, 0) is 13.0 Å². The van der Waals surface area contributed by atoms with E-state index in [0.29, 0.717) is 6.54 Å². The number of aryl methyl sites for hydroxylation is 1. The molecule has 1 amide bonds. The molecule has 0 fully saturated rings. The monoisotopic (exact) mass is 377 g/mol. The highest BCUT2D eigenvalue weighted by Gasteiger charge is 2.29. The molecule has 138 valence electrons. The van der Waals surface area contributed by atoms with Crippen molar-refractivity contribution in [2.45, 2.75) is 25.9 Å². The van der Waals surface area contributed by atoms with Gasteiger partial charge < -0.3 is 10.2 Å². The maximum absolute atomic E-state index is 12.6. The van der Waals surface area contributed by atoms with E-state index < -0.39 is 0 Å². The molecule has 0 radical (unpaired) electrons. The second-order valence-electron chi connectivity index (χ2n) is 7.25. The summed E-state index contributed by atoms with van der Waals surface area (Å²) in [5.74, 6) is 0.00775. The van der Waals surface area contributed by atoms with Gasteiger partial charge in [-0.15, -0.1) is 11.3 Å². The Kier molecular flexibility index (Phi) is 5.37. The van der Waals surface area contributed by atoms with Gasteiger partial charge in [0.25, 0.3) is 5.91 Å². The number of quaternary nitrogens is 1. The molecule has 0 bridgehead atoms. The van der Waals surface area contributed by atoms with Crippen LogP contribution in [0.15, 0.2) is 66.0 Å². The van der Waals surface area contributed by atoms with Crippen molar-refractivity contribution in [2.24, 2.45) is 0 Å². The fraction of sp³-hybridized carbons (Fsp3) is 0.261. The molecule has 2 aromatic carbocycles. The van der Waals surface area contributed by atoms with Gasteiger partial charge in [-0.3, -0.25) is 4.79 Å². The number of nitrogens with one attached hydrogen (secondary N) is 2. The molecule has 0 aliphatic carbocycles. The summed E-state index contributed by atoms with van der Waals surface area (Å²) in [5, 5.41) is 5.30. The molecular formula is C23H25N2OS+. The van der Waals surface area contributed by atoms with Crippen LogP contribution in [0.1, 0.15) is 38.0 Å². The third kappa shape index (κ3) is 4.12. The number of rotatable bonds is 5. The molecule has 3 nitrogen and oxygen atoms in total. The van der Waals surface area contributed by atoms with Gasteiger partial charge in [0.2, 0.25) is 0 Å². The summed E-state index contributed by atoms with van der Waals surface area (Å²) in [7, 11) is 0. The number of thiophene rings is 1. The summed E-state index contributed by atoms with van der Waals surface area (Å²) in [4.78, 5) is 15.5. The van der Waals surface area contributed by atoms with E-state index in [-0.39, 0.29) is 11.9 Å². The molecule has 1 aliphatic rings. The van der Waals surface area contributed by atoms with Gasteiger partial charge in [-0.1, -0.05) is 48.0 Å². The van der Waals surface area contributed by atoms with Crippen molar-refractivity contribution in [1.82, 2.24) is 5.32 Å². The smallest absolute Gasteiger partial charge is 0.251 e. The highest BCUT2D eigenvalue weighted by Crippen LogP contribution is 2.19. The Balaban J connectivity index is 1.49. The Morgan fingerprint density at radius 2 is 1.85 bits per heavy atom. The van der Waals surface area contributed by atoms with Crippen molar-refractivity contribution in [3.05, 3.63) is 93.2 Å². The normalized spacial score (nSPS) is 17.1. The molecule has 1 aromatic heterocycles. The van der Waals surface area contributed by atoms with Crippen LogP contribution in [0, 0.1) is 6.92 Å². The van der Waals surface area contributed by atoms with Crippen molar-refractivity contribution in [1.29, 1.82) is 0 Å². The van der Waals surface area contributed by atoms with Gasteiger partial charge in [-0.2, -0.15) is 0 Å². The minimum atomic E-state index is 0.00775. The van der Waals surface area contributed by atoms with Crippen molar-refractivity contribution in [2.75, 3.05) is 13.1 Å². The Labute approximate surface area is 164 Å². The van der Waals surface area contributed by atoms with Crippen molar-refractivity contribution in [3.63, 3.8) is 0 Å². The third-order valence-corrected chi connectivity index (χ3v) is 6.40. The highest BCUT2D eigenvalue weighted by molar-refractivity contribution is 7.10. The van der Waals surface area contributed by atoms with Crippen LogP contribution < -0.4 is 10.2 Å². The molecule has 0 spiro atoms. The highest BCUT2D eigenvalue weighted by atomic mass is 32.1. The molecule has 2 N–H and O–H groups in total. The predicted octanol–water partition coefficient (Wildman–Crippen LogP) is 3.17. The lowest BCUT2D eigenvalue weighted by Crippen LogP contribution is -3.12. The number of benzene rings is 2. The zero-order valence-corrected chi connectivity index (χ0v) is 16.4. The lowest BCUT2D eigenvalue weighted by atomic mass is 9.98. The first-order valence-corrected chi connectivity index (χ1v) is 10.4. The van der Waals surface area contributed by atoms with E-state index in [1.165, 1.54) is 26.5 Å². The SMILES string of the molecule is Cc1ccc(C(=O)NC[C@@H](c2cccs2)[NH+]2CCc3ccccc3C2)cc1. The maximum Gasteiger partial charge on any atom is 0.251 e. The molecule has 3 aromatic rings. The van der Waals surface area contributed by atoms with Gasteiger partial charge in [0, 0.05) is 17.5 Å². The Morgan fingerprint density at radius 1 is 1.07 bits per heavy atom. The second kappa shape index (κ2) is 8.07. The molecule has 1 unspecified atom stereocenters. The van der Waals surface area contributed by atoms with E-state index in [4.69, 9.17) is 0 Å². The average molecular weight is 378 g/mol. The molecule has 2 heterocycles. The topological polar surface area (TPSA) is 33.5 Å². The van der Waals surface area contributed by atoms with Crippen LogP contribution in [-0.4, -0.2) is 19.0 Å². The molecule has 0 saturated carbocycles. The van der Waals surface area contributed by atoms with Gasteiger partial charge in [-0.25, -0.2) is 0 Å². The first-order valence-electron chi connectivity index (χ1n) is 9.50. The first-order chi connectivity index (χ1) is 13.2. The molecule has 2 atom stereocenters. The third-order valence-electron chi connectivity index (χ3n) is 5.41. The fourth-order valence-corrected chi connectivity index (χ4v) is 4.72. The first kappa shape index (κ1) is 18.0. The number of amides is 1. The molecule has 4 rings (SSSR count). The summed E-state index contributed by atoms with van der Waals surface area (Å²) in [6.45, 7) is 4.80. The number of hydrogen-bond donors (Lipinski definition) is 2. The average Bonchev–Trinajstić information content (AvgIpc) is 3.23. The van der Waals surface area contributed by atoms with Gasteiger partial charge in [0.15, 0.2) is 0 Å². The van der Waals surface area contributed by atoms with Gasteiger partial charge in [-0.05, 0) is 36.1 Å². The molecule has 1 aliphatic heterocycles.